The molecule has 0 fully saturated rings. The Hall–Kier alpha value is -2.43. The van der Waals surface area contributed by atoms with E-state index in [1.807, 2.05) is 18.2 Å². The zero-order valence-electron chi connectivity index (χ0n) is 14.0. The first-order valence-electron chi connectivity index (χ1n) is 8.10. The molecule has 0 unspecified atom stereocenters. The van der Waals surface area contributed by atoms with Crippen LogP contribution in [0, 0.1) is 0 Å². The summed E-state index contributed by atoms with van der Waals surface area (Å²) in [6, 6.07) is 7.32. The van der Waals surface area contributed by atoms with E-state index in [0.717, 1.165) is 5.56 Å². The van der Waals surface area contributed by atoms with Crippen LogP contribution in [0.15, 0.2) is 36.4 Å². The van der Waals surface area contributed by atoms with Crippen LogP contribution in [0.1, 0.15) is 49.0 Å². The van der Waals surface area contributed by atoms with Crippen molar-refractivity contribution in [1.29, 1.82) is 0 Å². The van der Waals surface area contributed by atoms with Crippen LogP contribution in [0.2, 0.25) is 0 Å². The van der Waals surface area contributed by atoms with E-state index in [1.54, 1.807) is 19.1 Å². The van der Waals surface area contributed by atoms with Crippen LogP contribution < -0.4 is 0 Å². The van der Waals surface area contributed by atoms with Gasteiger partial charge in [0.15, 0.2) is 5.78 Å². The van der Waals surface area contributed by atoms with E-state index >= 15 is 0 Å². The van der Waals surface area contributed by atoms with Crippen LogP contribution >= 0.6 is 0 Å². The highest BCUT2D eigenvalue weighted by Crippen LogP contribution is 2.40. The van der Waals surface area contributed by atoms with E-state index < -0.39 is 5.41 Å². The first-order valence-corrected chi connectivity index (χ1v) is 8.10. The molecule has 2 rings (SSSR count). The first kappa shape index (κ1) is 17.9. The Bertz CT molecular complexity index is 661. The number of ether oxygens (including phenoxy) is 2. The number of benzene rings is 1. The van der Waals surface area contributed by atoms with Gasteiger partial charge in [0.05, 0.1) is 19.6 Å². The number of hydrogen-bond donors (Lipinski definition) is 0. The lowest BCUT2D eigenvalue weighted by atomic mass is 9.69. The van der Waals surface area contributed by atoms with Gasteiger partial charge in [0.1, 0.15) is 0 Å². The molecule has 0 aromatic heterocycles. The minimum atomic E-state index is -0.614. The number of hydrogen-bond acceptors (Lipinski definition) is 5. The summed E-state index contributed by atoms with van der Waals surface area (Å²) in [5, 5.41) is 0. The van der Waals surface area contributed by atoms with Crippen molar-refractivity contribution in [2.75, 3.05) is 13.2 Å². The standard InChI is InChI=1S/C19H22O5/c1-3-23-18(22)13-19(10-6-12-24-14(2)20)11-9-17(21)15-7-4-5-8-16(15)19/h4-5,7-9,11H,3,6,10,12-13H2,1-2H3/t19-/m0/s1. The Kier molecular flexibility index (Phi) is 5.90. The minimum Gasteiger partial charge on any atom is -0.466 e. The number of fused-ring (bicyclic) bond motifs is 1. The monoisotopic (exact) mass is 330 g/mol. The summed E-state index contributed by atoms with van der Waals surface area (Å²) in [4.78, 5) is 35.2. The maximum Gasteiger partial charge on any atom is 0.306 e. The molecule has 1 aliphatic rings. The van der Waals surface area contributed by atoms with E-state index in [1.165, 1.54) is 13.0 Å². The maximum absolute atomic E-state index is 12.1. The molecule has 0 saturated carbocycles. The molecule has 0 saturated heterocycles. The first-order chi connectivity index (χ1) is 11.5. The smallest absolute Gasteiger partial charge is 0.306 e. The molecule has 5 heteroatoms. The summed E-state index contributed by atoms with van der Waals surface area (Å²) in [6.07, 6.45) is 4.64. The van der Waals surface area contributed by atoms with E-state index in [2.05, 4.69) is 0 Å². The summed E-state index contributed by atoms with van der Waals surface area (Å²) in [5.74, 6) is -0.701. The van der Waals surface area contributed by atoms with Crippen molar-refractivity contribution < 1.29 is 23.9 Å². The second-order valence-electron chi connectivity index (χ2n) is 5.82. The topological polar surface area (TPSA) is 69.7 Å². The van der Waals surface area contributed by atoms with Crippen LogP contribution in [-0.2, 0) is 24.5 Å². The zero-order chi connectivity index (χ0) is 17.6. The predicted octanol–water partition coefficient (Wildman–Crippen LogP) is 2.97. The van der Waals surface area contributed by atoms with Gasteiger partial charge in [0, 0.05) is 17.9 Å². The molecule has 0 spiro atoms. The minimum absolute atomic E-state index is 0.0648. The highest BCUT2D eigenvalue weighted by atomic mass is 16.5. The Morgan fingerprint density at radius 1 is 1.17 bits per heavy atom. The lowest BCUT2D eigenvalue weighted by Gasteiger charge is -2.34. The molecule has 0 N–H and O–H groups in total. The molecule has 0 radical (unpaired) electrons. The quantitative estimate of drug-likeness (QED) is 0.568. The molecule has 5 nitrogen and oxygen atoms in total. The van der Waals surface area contributed by atoms with Crippen molar-refractivity contribution in [1.82, 2.24) is 0 Å². The van der Waals surface area contributed by atoms with Crippen molar-refractivity contribution in [3.63, 3.8) is 0 Å². The van der Waals surface area contributed by atoms with Gasteiger partial charge in [-0.05, 0) is 31.4 Å². The van der Waals surface area contributed by atoms with Crippen molar-refractivity contribution in [3.8, 4) is 0 Å². The summed E-state index contributed by atoms with van der Waals surface area (Å²) >= 11 is 0. The van der Waals surface area contributed by atoms with Crippen LogP contribution in [0.4, 0.5) is 0 Å². The fourth-order valence-corrected chi connectivity index (χ4v) is 3.08. The molecule has 0 amide bonds. The van der Waals surface area contributed by atoms with E-state index in [0.29, 0.717) is 25.0 Å². The number of rotatable bonds is 7. The molecule has 1 atom stereocenters. The molecule has 0 heterocycles. The molecule has 0 aliphatic heterocycles. The summed E-state index contributed by atoms with van der Waals surface area (Å²) in [6.45, 7) is 3.72. The second-order valence-corrected chi connectivity index (χ2v) is 5.82. The molecule has 24 heavy (non-hydrogen) atoms. The van der Waals surface area contributed by atoms with E-state index in [4.69, 9.17) is 9.47 Å². The highest BCUT2D eigenvalue weighted by Gasteiger charge is 2.37. The summed E-state index contributed by atoms with van der Waals surface area (Å²) in [7, 11) is 0. The Morgan fingerprint density at radius 3 is 2.62 bits per heavy atom. The van der Waals surface area contributed by atoms with Crippen molar-refractivity contribution in [2.24, 2.45) is 0 Å². The third-order valence-corrected chi connectivity index (χ3v) is 4.12. The van der Waals surface area contributed by atoms with Crippen LogP contribution in [0.25, 0.3) is 0 Å². The van der Waals surface area contributed by atoms with Gasteiger partial charge in [-0.2, -0.15) is 0 Å². The lowest BCUT2D eigenvalue weighted by Crippen LogP contribution is -2.33. The van der Waals surface area contributed by atoms with Crippen molar-refractivity contribution in [3.05, 3.63) is 47.5 Å². The Morgan fingerprint density at radius 2 is 1.92 bits per heavy atom. The van der Waals surface area contributed by atoms with Gasteiger partial charge in [-0.15, -0.1) is 0 Å². The molecular formula is C19H22O5. The second kappa shape index (κ2) is 7.90. The zero-order valence-corrected chi connectivity index (χ0v) is 14.0. The average molecular weight is 330 g/mol. The highest BCUT2D eigenvalue weighted by molar-refractivity contribution is 6.07. The third kappa shape index (κ3) is 4.10. The van der Waals surface area contributed by atoms with Gasteiger partial charge in [-0.3, -0.25) is 14.4 Å². The van der Waals surface area contributed by atoms with Crippen molar-refractivity contribution in [2.45, 2.75) is 38.5 Å². The summed E-state index contributed by atoms with van der Waals surface area (Å²) in [5.41, 5.74) is 0.821. The van der Waals surface area contributed by atoms with Crippen LogP contribution in [0.3, 0.4) is 0 Å². The van der Waals surface area contributed by atoms with Gasteiger partial charge in [-0.25, -0.2) is 0 Å². The molecule has 1 aromatic carbocycles. The fraction of sp³-hybridized carbons (Fsp3) is 0.421. The molecule has 1 aromatic rings. The Balaban J connectivity index is 2.29. The summed E-state index contributed by atoms with van der Waals surface area (Å²) < 4.78 is 10.1. The molecule has 0 bridgehead atoms. The van der Waals surface area contributed by atoms with Gasteiger partial charge in [-0.1, -0.05) is 30.3 Å². The van der Waals surface area contributed by atoms with Gasteiger partial charge in [0.2, 0.25) is 0 Å². The predicted molar refractivity (Wildman–Crippen MR) is 88.7 cm³/mol. The maximum atomic E-state index is 12.1. The number of carbonyl (C=O) groups excluding carboxylic acids is 3. The van der Waals surface area contributed by atoms with E-state index in [9.17, 15) is 14.4 Å². The molecule has 1 aliphatic carbocycles. The van der Waals surface area contributed by atoms with Gasteiger partial charge >= 0.3 is 11.9 Å². The number of ketones is 1. The number of carbonyl (C=O) groups is 3. The van der Waals surface area contributed by atoms with Crippen LogP contribution in [0.5, 0.6) is 0 Å². The normalized spacial score (nSPS) is 18.8. The van der Waals surface area contributed by atoms with Crippen molar-refractivity contribution >= 4 is 17.7 Å². The Labute approximate surface area is 141 Å². The molecule has 128 valence electrons. The number of esters is 2. The van der Waals surface area contributed by atoms with Gasteiger partial charge in [0.25, 0.3) is 0 Å². The largest absolute Gasteiger partial charge is 0.466 e. The SMILES string of the molecule is CCOC(=O)C[C@]1(CCCOC(C)=O)C=CC(=O)c2ccccc21. The van der Waals surface area contributed by atoms with Crippen LogP contribution in [-0.4, -0.2) is 30.9 Å². The fourth-order valence-electron chi connectivity index (χ4n) is 3.08. The number of allylic oxidation sites excluding steroid dienone is 2. The molecular weight excluding hydrogens is 308 g/mol. The van der Waals surface area contributed by atoms with Gasteiger partial charge < -0.3 is 9.47 Å². The lowest BCUT2D eigenvalue weighted by molar-refractivity contribution is -0.145. The third-order valence-electron chi connectivity index (χ3n) is 4.12. The average Bonchev–Trinajstić information content (AvgIpc) is 2.55. The van der Waals surface area contributed by atoms with E-state index in [-0.39, 0.29) is 30.7 Å².